The van der Waals surface area contributed by atoms with E-state index >= 15 is 0 Å². The minimum absolute atomic E-state index is 0.166. The van der Waals surface area contributed by atoms with Crippen molar-refractivity contribution in [2.75, 3.05) is 0 Å². The van der Waals surface area contributed by atoms with Crippen LogP contribution >= 0.6 is 0 Å². The summed E-state index contributed by atoms with van der Waals surface area (Å²) >= 11 is 0. The van der Waals surface area contributed by atoms with Gasteiger partial charge in [0.2, 0.25) is 5.91 Å². The molecular formula is C6H9N3O2. The number of nitrogens with zero attached hydrogens (tertiary/aromatic N) is 1. The quantitative estimate of drug-likeness (QED) is 0.267. The van der Waals surface area contributed by atoms with Gasteiger partial charge in [-0.1, -0.05) is 6.92 Å². The summed E-state index contributed by atoms with van der Waals surface area (Å²) in [5.41, 5.74) is 0.240. The Kier molecular flexibility index (Phi) is 1.89. The van der Waals surface area contributed by atoms with Gasteiger partial charge in [0.15, 0.2) is 0 Å². The number of nitrogens with one attached hydrogen (secondary N) is 1. The second-order valence-electron chi connectivity index (χ2n) is 2.50. The molecule has 0 saturated carbocycles. The van der Waals surface area contributed by atoms with Crippen LogP contribution in [0.15, 0.2) is 5.10 Å². The monoisotopic (exact) mass is 155 g/mol. The molecule has 60 valence electrons. The molecule has 0 unspecified atom stereocenters. The summed E-state index contributed by atoms with van der Waals surface area (Å²) in [6.07, 6.45) is 0.280. The molecule has 1 saturated heterocycles. The van der Waals surface area contributed by atoms with Crippen LogP contribution in [-0.4, -0.2) is 17.5 Å². The van der Waals surface area contributed by atoms with Crippen molar-refractivity contribution >= 4 is 17.5 Å². The van der Waals surface area contributed by atoms with Gasteiger partial charge in [-0.25, -0.2) is 0 Å². The lowest BCUT2D eigenvalue weighted by Gasteiger charge is -2.17. The van der Waals surface area contributed by atoms with Crippen molar-refractivity contribution in [3.63, 3.8) is 0 Å². The number of piperidine rings is 1. The second kappa shape index (κ2) is 2.69. The number of hydrazone groups is 1. The van der Waals surface area contributed by atoms with Crippen molar-refractivity contribution in [3.8, 4) is 0 Å². The molecule has 2 amide bonds. The van der Waals surface area contributed by atoms with Gasteiger partial charge in [0, 0.05) is 12.3 Å². The largest absolute Gasteiger partial charge is 0.323 e. The highest BCUT2D eigenvalue weighted by Crippen LogP contribution is 2.08. The fourth-order valence-electron chi connectivity index (χ4n) is 1.03. The minimum Gasteiger partial charge on any atom is -0.323 e. The average Bonchev–Trinajstić information content (AvgIpc) is 1.85. The molecule has 0 bridgehead atoms. The molecule has 3 N–H and O–H groups in total. The number of rotatable bonds is 0. The van der Waals surface area contributed by atoms with E-state index < -0.39 is 5.91 Å². The van der Waals surface area contributed by atoms with Crippen LogP contribution in [0.5, 0.6) is 0 Å². The van der Waals surface area contributed by atoms with Gasteiger partial charge in [-0.15, -0.1) is 0 Å². The van der Waals surface area contributed by atoms with Crippen LogP contribution in [0.25, 0.3) is 0 Å². The molecule has 0 radical (unpaired) electrons. The van der Waals surface area contributed by atoms with Crippen LogP contribution in [0.1, 0.15) is 13.3 Å². The number of carbonyl (C=O) groups excluding carboxylic acids is 2. The van der Waals surface area contributed by atoms with E-state index in [2.05, 4.69) is 10.4 Å². The molecule has 0 spiro atoms. The van der Waals surface area contributed by atoms with Crippen molar-refractivity contribution in [2.24, 2.45) is 16.9 Å². The van der Waals surface area contributed by atoms with E-state index in [0.717, 1.165) is 0 Å². The van der Waals surface area contributed by atoms with Crippen molar-refractivity contribution in [3.05, 3.63) is 0 Å². The average molecular weight is 155 g/mol. The topological polar surface area (TPSA) is 84.5 Å². The molecule has 1 fully saturated rings. The zero-order valence-corrected chi connectivity index (χ0v) is 6.13. The van der Waals surface area contributed by atoms with Gasteiger partial charge in [0.25, 0.3) is 5.91 Å². The summed E-state index contributed by atoms with van der Waals surface area (Å²) in [4.78, 5) is 21.6. The molecule has 0 aromatic rings. The third-order valence-electron chi connectivity index (χ3n) is 1.58. The summed E-state index contributed by atoms with van der Waals surface area (Å²) < 4.78 is 0. The predicted octanol–water partition coefficient (Wildman–Crippen LogP) is -1.02. The zero-order valence-electron chi connectivity index (χ0n) is 6.13. The summed E-state index contributed by atoms with van der Waals surface area (Å²) in [5, 5.41) is 5.42. The fraction of sp³-hybridized carbons (Fsp3) is 0.500. The van der Waals surface area contributed by atoms with Crippen LogP contribution in [-0.2, 0) is 9.59 Å². The first-order chi connectivity index (χ1) is 5.15. The fourth-order valence-corrected chi connectivity index (χ4v) is 1.03. The molecule has 11 heavy (non-hydrogen) atoms. The predicted molar refractivity (Wildman–Crippen MR) is 38.6 cm³/mol. The lowest BCUT2D eigenvalue weighted by molar-refractivity contribution is -0.129. The lowest BCUT2D eigenvalue weighted by atomic mass is 9.97. The van der Waals surface area contributed by atoms with Crippen LogP contribution in [0.4, 0.5) is 0 Å². The Bertz CT molecular complexity index is 234. The zero-order chi connectivity index (χ0) is 8.43. The van der Waals surface area contributed by atoms with Gasteiger partial charge in [-0.05, 0) is 0 Å². The smallest absolute Gasteiger partial charge is 0.274 e. The molecule has 1 aliphatic heterocycles. The third-order valence-corrected chi connectivity index (χ3v) is 1.58. The first kappa shape index (κ1) is 7.71. The molecule has 1 aliphatic rings. The Morgan fingerprint density at radius 1 is 1.64 bits per heavy atom. The molecule has 5 nitrogen and oxygen atoms in total. The van der Waals surface area contributed by atoms with Gasteiger partial charge in [-0.2, -0.15) is 5.10 Å². The minimum atomic E-state index is -0.476. The van der Waals surface area contributed by atoms with Crippen molar-refractivity contribution < 1.29 is 9.59 Å². The Labute approximate surface area is 63.6 Å². The number of imide groups is 1. The highest BCUT2D eigenvalue weighted by molar-refractivity contribution is 6.43. The molecule has 5 heteroatoms. The molecule has 1 atom stereocenters. The van der Waals surface area contributed by atoms with E-state index in [-0.39, 0.29) is 24.0 Å². The summed E-state index contributed by atoms with van der Waals surface area (Å²) in [7, 11) is 0. The maximum absolute atomic E-state index is 10.9. The van der Waals surface area contributed by atoms with Gasteiger partial charge < -0.3 is 5.84 Å². The van der Waals surface area contributed by atoms with E-state index in [9.17, 15) is 9.59 Å². The van der Waals surface area contributed by atoms with Crippen LogP contribution in [0.3, 0.4) is 0 Å². The Morgan fingerprint density at radius 3 is 2.73 bits per heavy atom. The maximum Gasteiger partial charge on any atom is 0.274 e. The Morgan fingerprint density at radius 2 is 2.27 bits per heavy atom. The first-order valence-corrected chi connectivity index (χ1v) is 3.27. The number of amides is 2. The highest BCUT2D eigenvalue weighted by Gasteiger charge is 2.28. The summed E-state index contributed by atoms with van der Waals surface area (Å²) in [6.45, 7) is 1.74. The molecule has 1 heterocycles. The van der Waals surface area contributed by atoms with Crippen LogP contribution in [0, 0.1) is 5.92 Å². The highest BCUT2D eigenvalue weighted by atomic mass is 16.2. The molecule has 0 aliphatic carbocycles. The maximum atomic E-state index is 10.9. The SMILES string of the molecule is C[C@H]1CC(=O)NC(=O)C1=NN. The second-order valence-corrected chi connectivity index (χ2v) is 2.50. The van der Waals surface area contributed by atoms with Gasteiger partial charge >= 0.3 is 0 Å². The van der Waals surface area contributed by atoms with E-state index in [1.807, 2.05) is 0 Å². The van der Waals surface area contributed by atoms with Crippen LogP contribution in [0.2, 0.25) is 0 Å². The van der Waals surface area contributed by atoms with Crippen molar-refractivity contribution in [2.45, 2.75) is 13.3 Å². The van der Waals surface area contributed by atoms with Crippen molar-refractivity contribution in [1.82, 2.24) is 5.32 Å². The van der Waals surface area contributed by atoms with E-state index in [1.54, 1.807) is 6.92 Å². The Balaban J connectivity index is 2.83. The van der Waals surface area contributed by atoms with Gasteiger partial charge in [0.05, 0.1) is 0 Å². The number of nitrogens with two attached hydrogens (primary N) is 1. The Hall–Kier alpha value is -1.39. The number of hydrogen-bond acceptors (Lipinski definition) is 4. The van der Waals surface area contributed by atoms with E-state index in [1.165, 1.54) is 0 Å². The molecule has 1 rings (SSSR count). The first-order valence-electron chi connectivity index (χ1n) is 3.27. The number of carbonyl (C=O) groups is 2. The molecule has 0 aromatic heterocycles. The lowest BCUT2D eigenvalue weighted by Crippen LogP contribution is -2.45. The molecule has 0 aromatic carbocycles. The third kappa shape index (κ3) is 1.36. The van der Waals surface area contributed by atoms with Gasteiger partial charge in [-0.3, -0.25) is 14.9 Å². The van der Waals surface area contributed by atoms with Crippen LogP contribution < -0.4 is 11.2 Å². The standard InChI is InChI=1S/C6H9N3O2/c1-3-2-4(10)8-6(11)5(3)9-7/h3H,2,7H2,1H3,(H,8,10,11)/t3-/m0/s1. The molecular weight excluding hydrogens is 146 g/mol. The summed E-state index contributed by atoms with van der Waals surface area (Å²) in [5.74, 6) is 4.04. The van der Waals surface area contributed by atoms with E-state index in [0.29, 0.717) is 0 Å². The number of hydrogen-bond donors (Lipinski definition) is 2. The summed E-state index contributed by atoms with van der Waals surface area (Å²) in [6, 6.07) is 0. The van der Waals surface area contributed by atoms with Gasteiger partial charge in [0.1, 0.15) is 5.71 Å². The normalized spacial score (nSPS) is 28.8. The van der Waals surface area contributed by atoms with E-state index in [4.69, 9.17) is 5.84 Å². The van der Waals surface area contributed by atoms with Crippen molar-refractivity contribution in [1.29, 1.82) is 0 Å².